The van der Waals surface area contributed by atoms with Crippen LogP contribution in [-0.2, 0) is 9.59 Å². The molecule has 1 aromatic carbocycles. The van der Waals surface area contributed by atoms with Crippen LogP contribution in [0.3, 0.4) is 0 Å². The van der Waals surface area contributed by atoms with E-state index in [1.165, 1.54) is 6.07 Å². The maximum atomic E-state index is 11.8. The van der Waals surface area contributed by atoms with Gasteiger partial charge in [-0.15, -0.1) is 0 Å². The van der Waals surface area contributed by atoms with Crippen molar-refractivity contribution in [3.8, 4) is 0 Å². The number of carbonyl (C=O) groups is 3. The monoisotopic (exact) mass is 320 g/mol. The fraction of sp³-hybridized carbons (Fsp3) is 0.471. The van der Waals surface area contributed by atoms with Crippen molar-refractivity contribution in [2.45, 2.75) is 40.5 Å². The van der Waals surface area contributed by atoms with Gasteiger partial charge in [0.2, 0.25) is 11.8 Å². The summed E-state index contributed by atoms with van der Waals surface area (Å²) in [5.74, 6) is -1.20. The van der Waals surface area contributed by atoms with Gasteiger partial charge in [0.1, 0.15) is 0 Å². The fourth-order valence-electron chi connectivity index (χ4n) is 1.92. The van der Waals surface area contributed by atoms with Gasteiger partial charge >= 0.3 is 5.97 Å². The standard InChI is InChI=1S/C17H24N2O4/c1-11-10-12(7-8-13(11)15(21)22)19-14(20)6-5-9-18-16(23)17(2,3)4/h7-8,10H,5-6,9H2,1-4H3,(H,18,23)(H,19,20)(H,21,22). The van der Waals surface area contributed by atoms with Crippen molar-refractivity contribution in [3.63, 3.8) is 0 Å². The maximum absolute atomic E-state index is 11.8. The number of carboxylic acids is 1. The van der Waals surface area contributed by atoms with Crippen LogP contribution in [-0.4, -0.2) is 29.4 Å². The summed E-state index contributed by atoms with van der Waals surface area (Å²) in [4.78, 5) is 34.4. The second-order valence-corrected chi connectivity index (χ2v) is 6.49. The molecular formula is C17H24N2O4. The Balaban J connectivity index is 2.41. The molecule has 0 atom stereocenters. The summed E-state index contributed by atoms with van der Waals surface area (Å²) < 4.78 is 0. The van der Waals surface area contributed by atoms with Crippen LogP contribution >= 0.6 is 0 Å². The minimum Gasteiger partial charge on any atom is -0.478 e. The number of anilines is 1. The van der Waals surface area contributed by atoms with Gasteiger partial charge in [0, 0.05) is 24.1 Å². The highest BCUT2D eigenvalue weighted by Crippen LogP contribution is 2.16. The van der Waals surface area contributed by atoms with Crippen LogP contribution in [0, 0.1) is 12.3 Å². The minimum absolute atomic E-state index is 0.0437. The zero-order valence-electron chi connectivity index (χ0n) is 14.0. The average Bonchev–Trinajstić information content (AvgIpc) is 2.41. The molecule has 0 unspecified atom stereocenters. The summed E-state index contributed by atoms with van der Waals surface area (Å²) in [5.41, 5.74) is 0.933. The van der Waals surface area contributed by atoms with Crippen molar-refractivity contribution in [1.29, 1.82) is 0 Å². The Morgan fingerprint density at radius 3 is 2.35 bits per heavy atom. The minimum atomic E-state index is -0.991. The molecule has 0 saturated carbocycles. The highest BCUT2D eigenvalue weighted by atomic mass is 16.4. The summed E-state index contributed by atoms with van der Waals surface area (Å²) in [5, 5.41) is 14.5. The molecule has 0 aliphatic carbocycles. The van der Waals surface area contributed by atoms with E-state index in [-0.39, 0.29) is 23.8 Å². The topological polar surface area (TPSA) is 95.5 Å². The van der Waals surface area contributed by atoms with Crippen LogP contribution in [0.1, 0.15) is 49.5 Å². The number of carbonyl (C=O) groups excluding carboxylic acids is 2. The van der Waals surface area contributed by atoms with Gasteiger partial charge < -0.3 is 15.7 Å². The molecule has 0 aliphatic heterocycles. The predicted molar refractivity (Wildman–Crippen MR) is 88.5 cm³/mol. The molecule has 0 saturated heterocycles. The van der Waals surface area contributed by atoms with Crippen molar-refractivity contribution in [2.75, 3.05) is 11.9 Å². The number of amides is 2. The summed E-state index contributed by atoms with van der Waals surface area (Å²) in [6.45, 7) is 7.62. The molecule has 1 aromatic rings. The Morgan fingerprint density at radius 1 is 1.17 bits per heavy atom. The molecule has 0 aliphatic rings. The van der Waals surface area contributed by atoms with E-state index < -0.39 is 11.4 Å². The number of hydrogen-bond donors (Lipinski definition) is 3. The quantitative estimate of drug-likeness (QED) is 0.702. The van der Waals surface area contributed by atoms with E-state index in [0.717, 1.165) is 0 Å². The summed E-state index contributed by atoms with van der Waals surface area (Å²) in [7, 11) is 0. The summed E-state index contributed by atoms with van der Waals surface area (Å²) >= 11 is 0. The molecule has 23 heavy (non-hydrogen) atoms. The largest absolute Gasteiger partial charge is 0.478 e. The number of carboxylic acid groups (broad SMARTS) is 1. The molecule has 6 nitrogen and oxygen atoms in total. The van der Waals surface area contributed by atoms with Crippen LogP contribution in [0.2, 0.25) is 0 Å². The zero-order chi connectivity index (χ0) is 17.6. The highest BCUT2D eigenvalue weighted by molar-refractivity contribution is 5.93. The number of benzene rings is 1. The molecule has 2 amide bonds. The van der Waals surface area contributed by atoms with Crippen molar-refractivity contribution in [3.05, 3.63) is 29.3 Å². The fourth-order valence-corrected chi connectivity index (χ4v) is 1.92. The Kier molecular flexibility index (Phi) is 6.30. The second kappa shape index (κ2) is 7.76. The van der Waals surface area contributed by atoms with Crippen molar-refractivity contribution >= 4 is 23.5 Å². The molecule has 126 valence electrons. The van der Waals surface area contributed by atoms with Gasteiger partial charge in [-0.2, -0.15) is 0 Å². The molecule has 0 bridgehead atoms. The molecule has 0 aromatic heterocycles. The van der Waals surface area contributed by atoms with Crippen molar-refractivity contribution in [1.82, 2.24) is 5.32 Å². The SMILES string of the molecule is Cc1cc(NC(=O)CCCNC(=O)C(C)(C)C)ccc1C(=O)O. The van der Waals surface area contributed by atoms with Gasteiger partial charge in [-0.1, -0.05) is 20.8 Å². The van der Waals surface area contributed by atoms with Crippen molar-refractivity contribution in [2.24, 2.45) is 5.41 Å². The Morgan fingerprint density at radius 2 is 1.83 bits per heavy atom. The lowest BCUT2D eigenvalue weighted by Gasteiger charge is -2.17. The van der Waals surface area contributed by atoms with Crippen LogP contribution < -0.4 is 10.6 Å². The van der Waals surface area contributed by atoms with Crippen LogP contribution in [0.15, 0.2) is 18.2 Å². The Bertz CT molecular complexity index is 603. The molecule has 0 heterocycles. The van der Waals surface area contributed by atoms with Gasteiger partial charge in [-0.25, -0.2) is 4.79 Å². The van der Waals surface area contributed by atoms with E-state index in [0.29, 0.717) is 24.2 Å². The average molecular weight is 320 g/mol. The molecule has 0 spiro atoms. The van der Waals surface area contributed by atoms with Crippen LogP contribution in [0.4, 0.5) is 5.69 Å². The Labute approximate surface area is 136 Å². The number of aromatic carboxylic acids is 1. The van der Waals surface area contributed by atoms with E-state index >= 15 is 0 Å². The third-order valence-electron chi connectivity index (χ3n) is 3.29. The lowest BCUT2D eigenvalue weighted by Crippen LogP contribution is -2.35. The molecule has 0 fully saturated rings. The van der Waals surface area contributed by atoms with Gasteiger partial charge in [-0.3, -0.25) is 9.59 Å². The summed E-state index contributed by atoms with van der Waals surface area (Å²) in [6, 6.07) is 4.66. The molecule has 1 rings (SSSR count). The summed E-state index contributed by atoms with van der Waals surface area (Å²) in [6.07, 6.45) is 0.823. The second-order valence-electron chi connectivity index (χ2n) is 6.49. The Hall–Kier alpha value is -2.37. The molecule has 3 N–H and O–H groups in total. The van der Waals surface area contributed by atoms with Gasteiger partial charge in [0.05, 0.1) is 5.56 Å². The molecule has 0 radical (unpaired) electrons. The number of aryl methyl sites for hydroxylation is 1. The van der Waals surface area contributed by atoms with Crippen molar-refractivity contribution < 1.29 is 19.5 Å². The zero-order valence-corrected chi connectivity index (χ0v) is 14.0. The van der Waals surface area contributed by atoms with E-state index in [9.17, 15) is 14.4 Å². The maximum Gasteiger partial charge on any atom is 0.335 e. The van der Waals surface area contributed by atoms with E-state index in [1.54, 1.807) is 19.1 Å². The first-order chi connectivity index (χ1) is 10.6. The van der Waals surface area contributed by atoms with Gasteiger partial charge in [0.15, 0.2) is 0 Å². The number of hydrogen-bond acceptors (Lipinski definition) is 3. The predicted octanol–water partition coefficient (Wildman–Crippen LogP) is 2.57. The lowest BCUT2D eigenvalue weighted by molar-refractivity contribution is -0.128. The molecule has 6 heteroatoms. The van der Waals surface area contributed by atoms with Gasteiger partial charge in [0.25, 0.3) is 0 Å². The van der Waals surface area contributed by atoms with E-state index in [4.69, 9.17) is 5.11 Å². The van der Waals surface area contributed by atoms with E-state index in [1.807, 2.05) is 20.8 Å². The first-order valence-electron chi connectivity index (χ1n) is 7.53. The number of nitrogens with one attached hydrogen (secondary N) is 2. The number of rotatable bonds is 6. The van der Waals surface area contributed by atoms with Gasteiger partial charge in [-0.05, 0) is 37.1 Å². The van der Waals surface area contributed by atoms with Crippen LogP contribution in [0.25, 0.3) is 0 Å². The lowest BCUT2D eigenvalue weighted by atomic mass is 9.96. The smallest absolute Gasteiger partial charge is 0.335 e. The first kappa shape index (κ1) is 18.7. The van der Waals surface area contributed by atoms with E-state index in [2.05, 4.69) is 10.6 Å². The third-order valence-corrected chi connectivity index (χ3v) is 3.29. The highest BCUT2D eigenvalue weighted by Gasteiger charge is 2.20. The van der Waals surface area contributed by atoms with Crippen LogP contribution in [0.5, 0.6) is 0 Å². The molecular weight excluding hydrogens is 296 g/mol. The normalized spacial score (nSPS) is 11.0. The first-order valence-corrected chi connectivity index (χ1v) is 7.53. The third kappa shape index (κ3) is 6.10.